The minimum atomic E-state index is -0.476. The number of ether oxygens (including phenoxy) is 2. The third-order valence-electron chi connectivity index (χ3n) is 8.27. The minimum Gasteiger partial charge on any atom is -0.490 e. The average molecular weight is 686 g/mol. The lowest BCUT2D eigenvalue weighted by Crippen LogP contribution is -2.47. The second kappa shape index (κ2) is 17.7. The summed E-state index contributed by atoms with van der Waals surface area (Å²) in [5.41, 5.74) is 2.44. The van der Waals surface area contributed by atoms with Crippen LogP contribution in [-0.2, 0) is 11.3 Å². The topological polar surface area (TPSA) is 103 Å². The molecule has 0 aliphatic carbocycles. The van der Waals surface area contributed by atoms with Gasteiger partial charge in [0.2, 0.25) is 0 Å². The summed E-state index contributed by atoms with van der Waals surface area (Å²) in [6, 6.07) is 18.9. The Balaban J connectivity index is 1.58. The molecule has 0 radical (unpaired) electrons. The second-order valence-electron chi connectivity index (χ2n) is 12.4. The van der Waals surface area contributed by atoms with Gasteiger partial charge >= 0.3 is 6.03 Å². The van der Waals surface area contributed by atoms with Gasteiger partial charge in [-0.25, -0.2) is 4.79 Å². The van der Waals surface area contributed by atoms with E-state index in [0.717, 1.165) is 24.8 Å². The van der Waals surface area contributed by atoms with Crippen molar-refractivity contribution in [2.75, 3.05) is 44.0 Å². The van der Waals surface area contributed by atoms with Crippen molar-refractivity contribution in [3.05, 3.63) is 87.9 Å². The van der Waals surface area contributed by atoms with Gasteiger partial charge < -0.3 is 30.1 Å². The molecule has 254 valence electrons. The van der Waals surface area contributed by atoms with E-state index in [4.69, 9.17) is 32.7 Å². The zero-order chi connectivity index (χ0) is 33.9. The van der Waals surface area contributed by atoms with E-state index >= 15 is 0 Å². The van der Waals surface area contributed by atoms with Crippen molar-refractivity contribution in [3.8, 4) is 5.75 Å². The fourth-order valence-electron chi connectivity index (χ4n) is 5.60. The van der Waals surface area contributed by atoms with E-state index in [0.29, 0.717) is 59.0 Å². The Morgan fingerprint density at radius 1 is 1.02 bits per heavy atom. The Bertz CT molecular complexity index is 1480. The Morgan fingerprint density at radius 3 is 2.49 bits per heavy atom. The Hall–Kier alpha value is -3.34. The van der Waals surface area contributed by atoms with Gasteiger partial charge in [0, 0.05) is 43.5 Å². The quantitative estimate of drug-likeness (QED) is 0.226. The number of likely N-dealkylation sites (N-methyl/N-ethyl adjacent to an activating group) is 1. The van der Waals surface area contributed by atoms with Gasteiger partial charge in [-0.3, -0.25) is 9.69 Å². The van der Waals surface area contributed by atoms with Crippen molar-refractivity contribution in [2.24, 2.45) is 5.92 Å². The van der Waals surface area contributed by atoms with E-state index in [2.05, 4.69) is 22.5 Å². The molecule has 3 N–H and O–H groups in total. The van der Waals surface area contributed by atoms with Gasteiger partial charge in [0.1, 0.15) is 5.75 Å². The summed E-state index contributed by atoms with van der Waals surface area (Å²) in [5, 5.41) is 16.9. The van der Waals surface area contributed by atoms with Crippen LogP contribution in [0.5, 0.6) is 5.75 Å². The van der Waals surface area contributed by atoms with E-state index in [1.165, 1.54) is 0 Å². The largest absolute Gasteiger partial charge is 0.490 e. The van der Waals surface area contributed by atoms with E-state index < -0.39 is 12.1 Å². The summed E-state index contributed by atoms with van der Waals surface area (Å²) >= 11 is 12.4. The number of urea groups is 1. The maximum Gasteiger partial charge on any atom is 0.323 e. The van der Waals surface area contributed by atoms with Crippen LogP contribution in [0.25, 0.3) is 0 Å². The average Bonchev–Trinajstić information content (AvgIpc) is 3.04. The number of carbonyl (C=O) groups is 2. The van der Waals surface area contributed by atoms with Crippen molar-refractivity contribution in [1.82, 2.24) is 9.80 Å². The summed E-state index contributed by atoms with van der Waals surface area (Å²) in [7, 11) is 2.03. The van der Waals surface area contributed by atoms with Crippen LogP contribution in [0.4, 0.5) is 16.2 Å². The molecule has 3 aromatic carbocycles. The number of hydrogen-bond acceptors (Lipinski definition) is 6. The fourth-order valence-corrected chi connectivity index (χ4v) is 5.92. The number of rotatable bonds is 8. The highest BCUT2D eigenvalue weighted by atomic mass is 35.5. The highest BCUT2D eigenvalue weighted by molar-refractivity contribution is 6.42. The number of nitrogens with zero attached hydrogens (tertiary/aromatic N) is 2. The molecule has 0 saturated carbocycles. The number of para-hydroxylation sites is 1. The fraction of sp³-hybridized carbons (Fsp3) is 0.444. The summed E-state index contributed by atoms with van der Waals surface area (Å²) in [5.74, 6) is 0.0617. The highest BCUT2D eigenvalue weighted by Crippen LogP contribution is 2.29. The van der Waals surface area contributed by atoms with Crippen LogP contribution >= 0.6 is 23.2 Å². The van der Waals surface area contributed by atoms with Crippen molar-refractivity contribution < 1.29 is 24.2 Å². The number of halogens is 2. The summed E-state index contributed by atoms with van der Waals surface area (Å²) in [4.78, 5) is 31.0. The van der Waals surface area contributed by atoms with E-state index in [-0.39, 0.29) is 30.6 Å². The molecule has 47 heavy (non-hydrogen) atoms. The molecule has 3 aromatic rings. The first-order chi connectivity index (χ1) is 22.5. The maximum atomic E-state index is 14.3. The van der Waals surface area contributed by atoms with Crippen molar-refractivity contribution >= 4 is 46.5 Å². The molecule has 11 heteroatoms. The van der Waals surface area contributed by atoms with Crippen LogP contribution < -0.4 is 15.4 Å². The molecule has 0 bridgehead atoms. The zero-order valence-electron chi connectivity index (χ0n) is 27.5. The first-order valence-electron chi connectivity index (χ1n) is 16.1. The van der Waals surface area contributed by atoms with Crippen LogP contribution in [0.2, 0.25) is 10.0 Å². The molecule has 1 aliphatic rings. The second-order valence-corrected chi connectivity index (χ2v) is 13.2. The number of hydrogen-bond donors (Lipinski definition) is 3. The smallest absolute Gasteiger partial charge is 0.323 e. The van der Waals surface area contributed by atoms with Crippen molar-refractivity contribution in [1.29, 1.82) is 0 Å². The molecule has 4 atom stereocenters. The molecule has 1 aliphatic heterocycles. The number of anilines is 2. The summed E-state index contributed by atoms with van der Waals surface area (Å²) < 4.78 is 12.8. The summed E-state index contributed by atoms with van der Waals surface area (Å²) in [6.45, 7) is 7.85. The van der Waals surface area contributed by atoms with Crippen LogP contribution in [0, 0.1) is 5.92 Å². The van der Waals surface area contributed by atoms with Gasteiger partial charge in [-0.15, -0.1) is 0 Å². The van der Waals surface area contributed by atoms with Crippen molar-refractivity contribution in [3.63, 3.8) is 0 Å². The molecule has 0 fully saturated rings. The van der Waals surface area contributed by atoms with Gasteiger partial charge in [-0.1, -0.05) is 54.4 Å². The van der Waals surface area contributed by atoms with Gasteiger partial charge in [0.15, 0.2) is 0 Å². The predicted molar refractivity (Wildman–Crippen MR) is 189 cm³/mol. The highest BCUT2D eigenvalue weighted by Gasteiger charge is 2.30. The molecule has 3 amide bonds. The molecule has 0 unspecified atom stereocenters. The van der Waals surface area contributed by atoms with Crippen LogP contribution in [0.15, 0.2) is 66.7 Å². The lowest BCUT2D eigenvalue weighted by atomic mass is 10.0. The van der Waals surface area contributed by atoms with E-state index in [1.807, 2.05) is 51.2 Å². The molecule has 0 spiro atoms. The number of fused-ring (bicyclic) bond motifs is 1. The maximum absolute atomic E-state index is 14.3. The molecule has 0 saturated heterocycles. The molecule has 1 heterocycles. The number of carbonyl (C=O) groups excluding carboxylic acids is 2. The van der Waals surface area contributed by atoms with Gasteiger partial charge in [0.05, 0.1) is 40.5 Å². The third-order valence-corrected chi connectivity index (χ3v) is 9.01. The van der Waals surface area contributed by atoms with Gasteiger partial charge in [0.25, 0.3) is 5.91 Å². The normalized spacial score (nSPS) is 20.1. The number of benzene rings is 3. The molecule has 4 rings (SSSR count). The Morgan fingerprint density at radius 2 is 1.77 bits per heavy atom. The van der Waals surface area contributed by atoms with Crippen LogP contribution in [0.1, 0.15) is 56.0 Å². The monoisotopic (exact) mass is 684 g/mol. The minimum absolute atomic E-state index is 0.0756. The molecule has 9 nitrogen and oxygen atoms in total. The molecule has 0 aromatic heterocycles. The Kier molecular flexibility index (Phi) is 13.8. The molecular weight excluding hydrogens is 639 g/mol. The zero-order valence-corrected chi connectivity index (χ0v) is 29.1. The number of nitrogens with one attached hydrogen (secondary N) is 2. The number of amides is 3. The Labute approximate surface area is 288 Å². The van der Waals surface area contributed by atoms with Gasteiger partial charge in [-0.05, 0) is 88.2 Å². The predicted octanol–water partition coefficient (Wildman–Crippen LogP) is 7.56. The van der Waals surface area contributed by atoms with Crippen LogP contribution in [-0.4, -0.2) is 78.4 Å². The van der Waals surface area contributed by atoms with Gasteiger partial charge in [-0.2, -0.15) is 0 Å². The van der Waals surface area contributed by atoms with Crippen LogP contribution in [0.3, 0.4) is 0 Å². The summed E-state index contributed by atoms with van der Waals surface area (Å²) in [6.07, 6.45) is 2.22. The standard InChI is InChI=1S/C36H46Cl2N4O5/c1-24-20-42(25(2)23-43)35(44)30-19-29(40-36(45)39-28-11-6-5-7-12-28)14-16-33(30)47-26(3)10-8-9-17-46-34(24)22-41(4)21-27-13-15-31(37)32(38)18-27/h5-7,11-16,18-19,24-26,34,43H,8-10,17,20-23H2,1-4H3,(H2,39,40,45)/t24-,25-,26-,34+/m1/s1. The first kappa shape index (κ1) is 36.5. The molecular formula is C36H46Cl2N4O5. The SMILES string of the molecule is C[C@@H]1CCCCO[C@@H](CN(C)Cc2ccc(Cl)c(Cl)c2)[C@H](C)CN([C@H](C)CO)C(=O)c2cc(NC(=O)Nc3ccccc3)ccc2O1. The lowest BCUT2D eigenvalue weighted by molar-refractivity contribution is -0.0177. The van der Waals surface area contributed by atoms with E-state index in [9.17, 15) is 14.7 Å². The van der Waals surface area contributed by atoms with Crippen molar-refractivity contribution in [2.45, 2.75) is 64.8 Å². The third kappa shape index (κ3) is 10.8. The lowest BCUT2D eigenvalue weighted by Gasteiger charge is -2.36. The van der Waals surface area contributed by atoms with E-state index in [1.54, 1.807) is 41.3 Å². The first-order valence-corrected chi connectivity index (χ1v) is 16.9. The number of aliphatic hydroxyl groups excluding tert-OH is 1. The number of aliphatic hydroxyl groups is 1.